The van der Waals surface area contributed by atoms with Crippen molar-refractivity contribution in [3.05, 3.63) is 27.5 Å². The summed E-state index contributed by atoms with van der Waals surface area (Å²) in [6.07, 6.45) is -1.47. The van der Waals surface area contributed by atoms with Crippen molar-refractivity contribution in [3.8, 4) is 0 Å². The van der Waals surface area contributed by atoms with Crippen LogP contribution >= 0.6 is 31.9 Å². The van der Waals surface area contributed by atoms with Gasteiger partial charge in [0.25, 0.3) is 6.43 Å². The van der Waals surface area contributed by atoms with E-state index in [-0.39, 0.29) is 27.7 Å². The van der Waals surface area contributed by atoms with Gasteiger partial charge in [0.1, 0.15) is 0 Å². The standard InChI is InChI=1S/C10H9Br2F2NO2/c1-2-17-10(16)7-5(12)4-15-6(3-11)8(7)9(13)14/h4,9H,2-3H2,1H3. The molecular weight excluding hydrogens is 364 g/mol. The number of carbonyl (C=O) groups is 1. The summed E-state index contributed by atoms with van der Waals surface area (Å²) in [5, 5.41) is 0.145. The minimum absolute atomic E-state index is 0.125. The van der Waals surface area contributed by atoms with Crippen molar-refractivity contribution >= 4 is 37.8 Å². The molecule has 0 N–H and O–H groups in total. The highest BCUT2D eigenvalue weighted by molar-refractivity contribution is 9.10. The van der Waals surface area contributed by atoms with E-state index in [2.05, 4.69) is 36.8 Å². The lowest BCUT2D eigenvalue weighted by Crippen LogP contribution is -2.12. The predicted molar refractivity (Wildman–Crippen MR) is 65.5 cm³/mol. The second-order valence-electron chi connectivity index (χ2n) is 3.00. The molecule has 0 aliphatic heterocycles. The quantitative estimate of drug-likeness (QED) is 0.595. The van der Waals surface area contributed by atoms with Crippen LogP contribution in [0.4, 0.5) is 8.78 Å². The molecule has 0 aliphatic rings. The van der Waals surface area contributed by atoms with E-state index >= 15 is 0 Å². The number of hydrogen-bond donors (Lipinski definition) is 0. The molecule has 0 amide bonds. The van der Waals surface area contributed by atoms with Gasteiger partial charge in [-0.2, -0.15) is 0 Å². The number of carbonyl (C=O) groups excluding carboxylic acids is 1. The highest BCUT2D eigenvalue weighted by Crippen LogP contribution is 2.32. The first-order chi connectivity index (χ1) is 8.02. The molecule has 0 fully saturated rings. The number of pyridine rings is 1. The summed E-state index contributed by atoms with van der Waals surface area (Å²) in [5.41, 5.74) is -0.424. The first-order valence-corrected chi connectivity index (χ1v) is 6.62. The number of nitrogens with zero attached hydrogens (tertiary/aromatic N) is 1. The average molecular weight is 373 g/mol. The lowest BCUT2D eigenvalue weighted by Gasteiger charge is -2.12. The van der Waals surface area contributed by atoms with Gasteiger partial charge in [-0.15, -0.1) is 0 Å². The highest BCUT2D eigenvalue weighted by atomic mass is 79.9. The smallest absolute Gasteiger partial charge is 0.339 e. The lowest BCUT2D eigenvalue weighted by atomic mass is 10.1. The van der Waals surface area contributed by atoms with E-state index in [9.17, 15) is 13.6 Å². The Morgan fingerprint density at radius 1 is 1.59 bits per heavy atom. The van der Waals surface area contributed by atoms with E-state index in [1.807, 2.05) is 0 Å². The fraction of sp³-hybridized carbons (Fsp3) is 0.400. The van der Waals surface area contributed by atoms with Crippen LogP contribution in [0.25, 0.3) is 0 Å². The highest BCUT2D eigenvalue weighted by Gasteiger charge is 2.26. The van der Waals surface area contributed by atoms with Crippen LogP contribution in [0.3, 0.4) is 0 Å². The van der Waals surface area contributed by atoms with Gasteiger partial charge in [-0.3, -0.25) is 4.98 Å². The van der Waals surface area contributed by atoms with E-state index in [0.29, 0.717) is 0 Å². The van der Waals surface area contributed by atoms with Crippen molar-refractivity contribution in [2.24, 2.45) is 0 Å². The molecule has 0 saturated carbocycles. The van der Waals surface area contributed by atoms with Crippen LogP contribution in [-0.4, -0.2) is 17.6 Å². The summed E-state index contributed by atoms with van der Waals surface area (Å²) in [6, 6.07) is 0. The Morgan fingerprint density at radius 2 is 2.24 bits per heavy atom. The van der Waals surface area contributed by atoms with Gasteiger partial charge in [0.2, 0.25) is 0 Å². The summed E-state index contributed by atoms with van der Waals surface area (Å²) in [7, 11) is 0. The summed E-state index contributed by atoms with van der Waals surface area (Å²) >= 11 is 6.10. The van der Waals surface area contributed by atoms with Crippen molar-refractivity contribution in [1.82, 2.24) is 4.98 Å². The van der Waals surface area contributed by atoms with Gasteiger partial charge in [-0.25, -0.2) is 13.6 Å². The predicted octanol–water partition coefficient (Wildman–Crippen LogP) is 3.85. The maximum absolute atomic E-state index is 13.0. The lowest BCUT2D eigenvalue weighted by molar-refractivity contribution is 0.0513. The largest absolute Gasteiger partial charge is 0.462 e. The fourth-order valence-electron chi connectivity index (χ4n) is 1.29. The average Bonchev–Trinajstić information content (AvgIpc) is 2.28. The Balaban J connectivity index is 3.38. The molecule has 1 rings (SSSR count). The zero-order valence-corrected chi connectivity index (χ0v) is 12.0. The summed E-state index contributed by atoms with van der Waals surface area (Å²) < 4.78 is 30.9. The maximum atomic E-state index is 13.0. The molecule has 17 heavy (non-hydrogen) atoms. The van der Waals surface area contributed by atoms with Crippen LogP contribution in [0.15, 0.2) is 10.7 Å². The molecule has 0 atom stereocenters. The number of halogens is 4. The molecule has 94 valence electrons. The Morgan fingerprint density at radius 3 is 2.71 bits per heavy atom. The van der Waals surface area contributed by atoms with Crippen LogP contribution in [0.5, 0.6) is 0 Å². The van der Waals surface area contributed by atoms with Crippen LogP contribution in [0.2, 0.25) is 0 Å². The Bertz CT molecular complexity index is 427. The number of alkyl halides is 3. The molecular formula is C10H9Br2F2NO2. The van der Waals surface area contributed by atoms with Gasteiger partial charge in [0, 0.05) is 11.5 Å². The van der Waals surface area contributed by atoms with Crippen LogP contribution in [-0.2, 0) is 10.1 Å². The molecule has 1 heterocycles. The van der Waals surface area contributed by atoms with Gasteiger partial charge < -0.3 is 4.74 Å². The first kappa shape index (κ1) is 14.5. The van der Waals surface area contributed by atoms with Crippen LogP contribution in [0.1, 0.15) is 35.0 Å². The third kappa shape index (κ3) is 3.22. The van der Waals surface area contributed by atoms with Crippen LogP contribution in [0, 0.1) is 0 Å². The molecule has 1 aromatic rings. The van der Waals surface area contributed by atoms with E-state index in [0.717, 1.165) is 0 Å². The zero-order valence-electron chi connectivity index (χ0n) is 8.84. The van der Waals surface area contributed by atoms with Crippen LogP contribution < -0.4 is 0 Å². The molecule has 0 aromatic carbocycles. The second kappa shape index (κ2) is 6.39. The number of esters is 1. The van der Waals surface area contributed by atoms with Crippen molar-refractivity contribution in [2.45, 2.75) is 18.7 Å². The molecule has 0 unspecified atom stereocenters. The molecule has 1 aromatic heterocycles. The zero-order chi connectivity index (χ0) is 13.0. The number of aromatic nitrogens is 1. The molecule has 7 heteroatoms. The normalized spacial score (nSPS) is 10.7. The van der Waals surface area contributed by atoms with Gasteiger partial charge in [0.15, 0.2) is 0 Å². The fourth-order valence-corrected chi connectivity index (χ4v) is 2.22. The molecule has 0 bridgehead atoms. The van der Waals surface area contributed by atoms with Crippen molar-refractivity contribution in [2.75, 3.05) is 6.61 Å². The number of hydrogen-bond acceptors (Lipinski definition) is 3. The minimum atomic E-state index is -2.79. The topological polar surface area (TPSA) is 39.2 Å². The maximum Gasteiger partial charge on any atom is 0.339 e. The van der Waals surface area contributed by atoms with Gasteiger partial charge >= 0.3 is 5.97 Å². The minimum Gasteiger partial charge on any atom is -0.462 e. The van der Waals surface area contributed by atoms with Gasteiger partial charge in [-0.05, 0) is 22.9 Å². The molecule has 0 radical (unpaired) electrons. The molecule has 0 spiro atoms. The van der Waals surface area contributed by atoms with E-state index in [1.54, 1.807) is 6.92 Å². The Labute approximate surface area is 114 Å². The number of rotatable bonds is 4. The third-order valence-corrected chi connectivity index (χ3v) is 3.11. The first-order valence-electron chi connectivity index (χ1n) is 4.71. The van der Waals surface area contributed by atoms with Crippen molar-refractivity contribution in [3.63, 3.8) is 0 Å². The molecule has 0 aliphatic carbocycles. The summed E-state index contributed by atoms with van der Waals surface area (Å²) in [6.45, 7) is 1.74. The Hall–Kier alpha value is -0.560. The molecule has 0 saturated heterocycles. The van der Waals surface area contributed by atoms with Crippen molar-refractivity contribution in [1.29, 1.82) is 0 Å². The third-order valence-electron chi connectivity index (χ3n) is 1.98. The van der Waals surface area contributed by atoms with E-state index in [4.69, 9.17) is 4.74 Å². The van der Waals surface area contributed by atoms with Gasteiger partial charge in [-0.1, -0.05) is 15.9 Å². The summed E-state index contributed by atoms with van der Waals surface area (Å²) in [5.74, 6) is -0.778. The number of ether oxygens (including phenoxy) is 1. The second-order valence-corrected chi connectivity index (χ2v) is 4.41. The Kier molecular flexibility index (Phi) is 5.45. The van der Waals surface area contributed by atoms with E-state index < -0.39 is 18.0 Å². The molecule has 3 nitrogen and oxygen atoms in total. The summed E-state index contributed by atoms with van der Waals surface area (Å²) in [4.78, 5) is 15.5. The van der Waals surface area contributed by atoms with Gasteiger partial charge in [0.05, 0.1) is 27.9 Å². The SMILES string of the molecule is CCOC(=O)c1c(Br)cnc(CBr)c1C(F)F. The van der Waals surface area contributed by atoms with E-state index in [1.165, 1.54) is 6.20 Å². The monoisotopic (exact) mass is 371 g/mol. The van der Waals surface area contributed by atoms with Crippen molar-refractivity contribution < 1.29 is 18.3 Å².